The fourth-order valence-corrected chi connectivity index (χ4v) is 2.16. The molecule has 2 rings (SSSR count). The van der Waals surface area contributed by atoms with Crippen molar-refractivity contribution in [3.8, 4) is 0 Å². The highest BCUT2D eigenvalue weighted by molar-refractivity contribution is 5.52. The number of fused-ring (bicyclic) bond motifs is 1. The zero-order valence-corrected chi connectivity index (χ0v) is 8.96. The van der Waals surface area contributed by atoms with Crippen molar-refractivity contribution in [2.24, 2.45) is 5.92 Å². The number of benzene rings is 1. The third-order valence-corrected chi connectivity index (χ3v) is 2.71. The Labute approximate surface area is 85.7 Å². The molecular weight excluding hydrogens is 172 g/mol. The first-order valence-corrected chi connectivity index (χ1v) is 5.25. The summed E-state index contributed by atoms with van der Waals surface area (Å²) in [7, 11) is 0. The molecule has 0 spiro atoms. The van der Waals surface area contributed by atoms with Crippen molar-refractivity contribution in [3.63, 3.8) is 0 Å². The Bertz CT molecular complexity index is 331. The molecule has 0 atom stereocenters. The first kappa shape index (κ1) is 9.53. The molecule has 2 nitrogen and oxygen atoms in total. The summed E-state index contributed by atoms with van der Waals surface area (Å²) in [5, 5.41) is 0. The lowest BCUT2D eigenvalue weighted by Gasteiger charge is -2.16. The maximum absolute atomic E-state index is 5.94. The van der Waals surface area contributed by atoms with Gasteiger partial charge < -0.3 is 5.73 Å². The Morgan fingerprint density at radius 1 is 1.36 bits per heavy atom. The summed E-state index contributed by atoms with van der Waals surface area (Å²) >= 11 is 0. The molecule has 76 valence electrons. The maximum Gasteiger partial charge on any atom is 0.0363 e. The van der Waals surface area contributed by atoms with Crippen LogP contribution in [-0.4, -0.2) is 11.4 Å². The summed E-state index contributed by atoms with van der Waals surface area (Å²) in [6.45, 7) is 7.77. The third-order valence-electron chi connectivity index (χ3n) is 2.71. The van der Waals surface area contributed by atoms with Gasteiger partial charge in [-0.2, -0.15) is 0 Å². The van der Waals surface area contributed by atoms with Crippen LogP contribution >= 0.6 is 0 Å². The van der Waals surface area contributed by atoms with E-state index >= 15 is 0 Å². The molecule has 14 heavy (non-hydrogen) atoms. The molecule has 0 radical (unpaired) electrons. The second-order valence-corrected chi connectivity index (χ2v) is 4.55. The van der Waals surface area contributed by atoms with Crippen molar-refractivity contribution in [1.82, 2.24) is 4.90 Å². The summed E-state index contributed by atoms with van der Waals surface area (Å²) in [6.07, 6.45) is 0. The van der Waals surface area contributed by atoms with Gasteiger partial charge in [0.2, 0.25) is 0 Å². The predicted octanol–water partition coefficient (Wildman–Crippen LogP) is 2.24. The molecule has 0 unspecified atom stereocenters. The van der Waals surface area contributed by atoms with Gasteiger partial charge in [0.15, 0.2) is 0 Å². The van der Waals surface area contributed by atoms with Crippen LogP contribution in [0.2, 0.25) is 0 Å². The van der Waals surface area contributed by atoms with Gasteiger partial charge in [-0.25, -0.2) is 0 Å². The standard InChI is InChI=1S/C12H18N2/c1-9(2)6-14-7-10-4-3-5-12(13)11(10)8-14/h3-5,9H,6-8,13H2,1-2H3. The third kappa shape index (κ3) is 1.75. The van der Waals surface area contributed by atoms with Gasteiger partial charge in [-0.05, 0) is 23.1 Å². The van der Waals surface area contributed by atoms with Gasteiger partial charge in [-0.15, -0.1) is 0 Å². The van der Waals surface area contributed by atoms with Crippen LogP contribution in [0.5, 0.6) is 0 Å². The average molecular weight is 190 g/mol. The molecule has 1 aliphatic rings. The molecule has 0 amide bonds. The van der Waals surface area contributed by atoms with E-state index in [0.29, 0.717) is 0 Å². The van der Waals surface area contributed by atoms with E-state index in [1.54, 1.807) is 0 Å². The monoisotopic (exact) mass is 190 g/mol. The Morgan fingerprint density at radius 3 is 2.79 bits per heavy atom. The van der Waals surface area contributed by atoms with Gasteiger partial charge in [-0.3, -0.25) is 4.90 Å². The van der Waals surface area contributed by atoms with E-state index in [2.05, 4.69) is 24.8 Å². The van der Waals surface area contributed by atoms with Crippen LogP contribution in [0.4, 0.5) is 5.69 Å². The SMILES string of the molecule is CC(C)CN1Cc2cccc(N)c2C1. The predicted molar refractivity (Wildman–Crippen MR) is 59.8 cm³/mol. The van der Waals surface area contributed by atoms with Crippen molar-refractivity contribution in [2.45, 2.75) is 26.9 Å². The number of nitrogens with zero attached hydrogens (tertiary/aromatic N) is 1. The number of rotatable bonds is 2. The largest absolute Gasteiger partial charge is 0.398 e. The van der Waals surface area contributed by atoms with E-state index in [0.717, 1.165) is 31.2 Å². The van der Waals surface area contributed by atoms with Crippen LogP contribution < -0.4 is 5.73 Å². The minimum absolute atomic E-state index is 0.727. The lowest BCUT2D eigenvalue weighted by atomic mass is 10.1. The summed E-state index contributed by atoms with van der Waals surface area (Å²) in [5.74, 6) is 0.727. The molecular formula is C12H18N2. The van der Waals surface area contributed by atoms with Crippen molar-refractivity contribution in [2.75, 3.05) is 12.3 Å². The smallest absolute Gasteiger partial charge is 0.0363 e. The van der Waals surface area contributed by atoms with E-state index in [-0.39, 0.29) is 0 Å². The Morgan fingerprint density at radius 2 is 2.14 bits per heavy atom. The Balaban J connectivity index is 2.14. The van der Waals surface area contributed by atoms with Crippen LogP contribution in [0.15, 0.2) is 18.2 Å². The second kappa shape index (κ2) is 3.62. The molecule has 1 aliphatic heterocycles. The average Bonchev–Trinajstić information content (AvgIpc) is 2.47. The van der Waals surface area contributed by atoms with Crippen LogP contribution in [0.3, 0.4) is 0 Å². The summed E-state index contributed by atoms with van der Waals surface area (Å²) < 4.78 is 0. The topological polar surface area (TPSA) is 29.3 Å². The van der Waals surface area contributed by atoms with Gasteiger partial charge in [0.1, 0.15) is 0 Å². The van der Waals surface area contributed by atoms with Crippen molar-refractivity contribution >= 4 is 5.69 Å². The van der Waals surface area contributed by atoms with Crippen LogP contribution in [-0.2, 0) is 13.1 Å². The fourth-order valence-electron chi connectivity index (χ4n) is 2.16. The van der Waals surface area contributed by atoms with E-state index in [9.17, 15) is 0 Å². The number of hydrogen-bond donors (Lipinski definition) is 1. The summed E-state index contributed by atoms with van der Waals surface area (Å²) in [5.41, 5.74) is 9.64. The lowest BCUT2D eigenvalue weighted by Crippen LogP contribution is -2.21. The van der Waals surface area contributed by atoms with E-state index < -0.39 is 0 Å². The Kier molecular flexibility index (Phi) is 2.46. The fraction of sp³-hybridized carbons (Fsp3) is 0.500. The van der Waals surface area contributed by atoms with Crippen molar-refractivity contribution in [3.05, 3.63) is 29.3 Å². The lowest BCUT2D eigenvalue weighted by molar-refractivity contribution is 0.251. The molecule has 0 aromatic heterocycles. The maximum atomic E-state index is 5.94. The number of anilines is 1. The van der Waals surface area contributed by atoms with E-state index in [4.69, 9.17) is 5.73 Å². The van der Waals surface area contributed by atoms with Gasteiger partial charge in [-0.1, -0.05) is 26.0 Å². The minimum atomic E-state index is 0.727. The van der Waals surface area contributed by atoms with E-state index in [1.807, 2.05) is 12.1 Å². The second-order valence-electron chi connectivity index (χ2n) is 4.55. The van der Waals surface area contributed by atoms with Gasteiger partial charge in [0, 0.05) is 25.3 Å². The quantitative estimate of drug-likeness (QED) is 0.725. The highest BCUT2D eigenvalue weighted by Gasteiger charge is 2.20. The number of nitrogens with two attached hydrogens (primary N) is 1. The first-order chi connectivity index (χ1) is 6.66. The van der Waals surface area contributed by atoms with Gasteiger partial charge in [0.05, 0.1) is 0 Å². The molecule has 1 aromatic rings. The highest BCUT2D eigenvalue weighted by atomic mass is 15.1. The number of hydrogen-bond acceptors (Lipinski definition) is 2. The van der Waals surface area contributed by atoms with Gasteiger partial charge in [0.25, 0.3) is 0 Å². The zero-order chi connectivity index (χ0) is 10.1. The molecule has 1 aromatic carbocycles. The molecule has 2 N–H and O–H groups in total. The molecule has 0 aliphatic carbocycles. The van der Waals surface area contributed by atoms with Crippen LogP contribution in [0, 0.1) is 5.92 Å². The summed E-state index contributed by atoms with van der Waals surface area (Å²) in [4.78, 5) is 2.46. The normalized spacial score (nSPS) is 16.2. The minimum Gasteiger partial charge on any atom is -0.398 e. The zero-order valence-electron chi connectivity index (χ0n) is 8.96. The molecule has 0 saturated carbocycles. The molecule has 0 saturated heterocycles. The van der Waals surface area contributed by atoms with E-state index in [1.165, 1.54) is 11.1 Å². The van der Waals surface area contributed by atoms with Crippen molar-refractivity contribution < 1.29 is 0 Å². The summed E-state index contributed by atoms with van der Waals surface area (Å²) in [6, 6.07) is 6.23. The van der Waals surface area contributed by atoms with Gasteiger partial charge >= 0.3 is 0 Å². The Hall–Kier alpha value is -1.02. The van der Waals surface area contributed by atoms with Crippen molar-refractivity contribution in [1.29, 1.82) is 0 Å². The van der Waals surface area contributed by atoms with Crippen LogP contribution in [0.25, 0.3) is 0 Å². The molecule has 1 heterocycles. The molecule has 0 bridgehead atoms. The molecule has 2 heteroatoms. The van der Waals surface area contributed by atoms with Crippen LogP contribution in [0.1, 0.15) is 25.0 Å². The first-order valence-electron chi connectivity index (χ1n) is 5.25. The molecule has 0 fully saturated rings. The number of nitrogen functional groups attached to an aromatic ring is 1. The highest BCUT2D eigenvalue weighted by Crippen LogP contribution is 2.27.